The number of amides is 4. The van der Waals surface area contributed by atoms with E-state index in [2.05, 4.69) is 5.32 Å². The normalized spacial score (nSPS) is 31.5. The molecular weight excluding hydrogens is 330 g/mol. The van der Waals surface area contributed by atoms with Gasteiger partial charge in [0.05, 0.1) is 0 Å². The Kier molecular flexibility index (Phi) is 4.93. The molecule has 0 unspecified atom stereocenters. The maximum atomic E-state index is 13.0. The molecule has 0 radical (unpaired) electrons. The monoisotopic (exact) mass is 361 g/mol. The molecule has 4 amide bonds. The van der Waals surface area contributed by atoms with Crippen molar-refractivity contribution in [2.24, 2.45) is 5.92 Å². The molecule has 4 aliphatic rings. The van der Waals surface area contributed by atoms with E-state index in [0.29, 0.717) is 24.8 Å². The molecule has 2 atom stereocenters. The standard InChI is InChI=1S/C20H31N3O3/c24-17(22-13-7-9-15-8-3-4-10-16(15)22)14-23-18(25)20(21-19(23)26)11-5-1-2-6-12-20/h15-16H,1-14H2,(H,21,26)/t15-,16+/m1/s1. The van der Waals surface area contributed by atoms with Gasteiger partial charge in [0.15, 0.2) is 0 Å². The minimum Gasteiger partial charge on any atom is -0.338 e. The van der Waals surface area contributed by atoms with Crippen LogP contribution in [-0.2, 0) is 9.59 Å². The average molecular weight is 361 g/mol. The smallest absolute Gasteiger partial charge is 0.325 e. The van der Waals surface area contributed by atoms with Gasteiger partial charge in [-0.3, -0.25) is 14.5 Å². The zero-order valence-electron chi connectivity index (χ0n) is 15.7. The summed E-state index contributed by atoms with van der Waals surface area (Å²) in [5.74, 6) is 0.392. The number of carbonyl (C=O) groups excluding carboxylic acids is 3. The fraction of sp³-hybridized carbons (Fsp3) is 0.850. The molecule has 6 heteroatoms. The molecule has 4 rings (SSSR count). The summed E-state index contributed by atoms with van der Waals surface area (Å²) < 4.78 is 0. The van der Waals surface area contributed by atoms with Crippen molar-refractivity contribution in [2.45, 2.75) is 88.6 Å². The van der Waals surface area contributed by atoms with Crippen LogP contribution in [0.1, 0.15) is 77.0 Å². The molecule has 0 aromatic carbocycles. The second kappa shape index (κ2) is 7.20. The fourth-order valence-corrected chi connectivity index (χ4v) is 5.65. The molecule has 2 saturated heterocycles. The first kappa shape index (κ1) is 17.8. The molecule has 6 nitrogen and oxygen atoms in total. The van der Waals surface area contributed by atoms with Crippen molar-refractivity contribution in [2.75, 3.05) is 13.1 Å². The molecule has 0 aromatic rings. The maximum Gasteiger partial charge on any atom is 0.325 e. The molecular formula is C20H31N3O3. The third-order valence-electron chi connectivity index (χ3n) is 7.06. The number of hydrogen-bond donors (Lipinski definition) is 1. The summed E-state index contributed by atoms with van der Waals surface area (Å²) in [7, 11) is 0. The van der Waals surface area contributed by atoms with Crippen molar-refractivity contribution in [1.82, 2.24) is 15.1 Å². The minimum absolute atomic E-state index is 0.0456. The van der Waals surface area contributed by atoms with Gasteiger partial charge in [-0.2, -0.15) is 0 Å². The highest BCUT2D eigenvalue weighted by Crippen LogP contribution is 2.36. The zero-order chi connectivity index (χ0) is 18.1. The van der Waals surface area contributed by atoms with Crippen LogP contribution in [0, 0.1) is 5.92 Å². The lowest BCUT2D eigenvalue weighted by molar-refractivity contribution is -0.143. The quantitative estimate of drug-likeness (QED) is 0.769. The molecule has 2 aliphatic heterocycles. The summed E-state index contributed by atoms with van der Waals surface area (Å²) in [6.45, 7) is 0.685. The Morgan fingerprint density at radius 3 is 2.42 bits per heavy atom. The number of hydrogen-bond acceptors (Lipinski definition) is 3. The minimum atomic E-state index is -0.747. The Morgan fingerprint density at radius 2 is 1.65 bits per heavy atom. The SMILES string of the molecule is O=C1NC2(CCCCCC2)C(=O)N1CC(=O)N1CCC[C@H]2CCCC[C@@H]21. The van der Waals surface area contributed by atoms with E-state index in [4.69, 9.17) is 0 Å². The number of nitrogens with one attached hydrogen (secondary N) is 1. The summed E-state index contributed by atoms with van der Waals surface area (Å²) in [5.41, 5.74) is -0.747. The molecule has 4 fully saturated rings. The van der Waals surface area contributed by atoms with Gasteiger partial charge < -0.3 is 10.2 Å². The lowest BCUT2D eigenvalue weighted by Gasteiger charge is -2.44. The van der Waals surface area contributed by atoms with Gasteiger partial charge >= 0.3 is 6.03 Å². The van der Waals surface area contributed by atoms with Gasteiger partial charge in [0.2, 0.25) is 5.91 Å². The van der Waals surface area contributed by atoms with Gasteiger partial charge in [-0.1, -0.05) is 38.5 Å². The average Bonchev–Trinajstić information content (AvgIpc) is 2.83. The van der Waals surface area contributed by atoms with Gasteiger partial charge in [0.25, 0.3) is 5.91 Å². The van der Waals surface area contributed by atoms with E-state index >= 15 is 0 Å². The van der Waals surface area contributed by atoms with E-state index < -0.39 is 5.54 Å². The third kappa shape index (κ3) is 3.12. The van der Waals surface area contributed by atoms with E-state index in [-0.39, 0.29) is 24.4 Å². The van der Waals surface area contributed by atoms with Crippen molar-refractivity contribution in [3.05, 3.63) is 0 Å². The number of nitrogens with zero attached hydrogens (tertiary/aromatic N) is 2. The number of imide groups is 1. The highest BCUT2D eigenvalue weighted by Gasteiger charge is 2.51. The number of fused-ring (bicyclic) bond motifs is 1. The largest absolute Gasteiger partial charge is 0.338 e. The van der Waals surface area contributed by atoms with Crippen LogP contribution in [0.4, 0.5) is 4.79 Å². The molecule has 2 saturated carbocycles. The van der Waals surface area contributed by atoms with E-state index in [1.165, 1.54) is 30.6 Å². The molecule has 1 N–H and O–H groups in total. The molecule has 2 heterocycles. The van der Waals surface area contributed by atoms with Crippen LogP contribution < -0.4 is 5.32 Å². The first-order chi connectivity index (χ1) is 12.6. The first-order valence-electron chi connectivity index (χ1n) is 10.5. The topological polar surface area (TPSA) is 69.7 Å². The molecule has 0 bridgehead atoms. The van der Waals surface area contributed by atoms with Crippen LogP contribution >= 0.6 is 0 Å². The van der Waals surface area contributed by atoms with Crippen LogP contribution in [0.3, 0.4) is 0 Å². The number of piperidine rings is 1. The van der Waals surface area contributed by atoms with Gasteiger partial charge in [-0.05, 0) is 44.4 Å². The van der Waals surface area contributed by atoms with E-state index in [0.717, 1.165) is 45.1 Å². The molecule has 0 aromatic heterocycles. The summed E-state index contributed by atoms with van der Waals surface area (Å²) in [6, 6.07) is -0.0555. The van der Waals surface area contributed by atoms with Gasteiger partial charge in [-0.15, -0.1) is 0 Å². The number of urea groups is 1. The molecule has 144 valence electrons. The Balaban J connectivity index is 1.45. The Labute approximate surface area is 155 Å². The second-order valence-electron chi connectivity index (χ2n) is 8.66. The van der Waals surface area contributed by atoms with Gasteiger partial charge in [0.1, 0.15) is 12.1 Å². The second-order valence-corrected chi connectivity index (χ2v) is 8.66. The van der Waals surface area contributed by atoms with Crippen LogP contribution in [0.2, 0.25) is 0 Å². The highest BCUT2D eigenvalue weighted by atomic mass is 16.2. The zero-order valence-corrected chi connectivity index (χ0v) is 15.7. The van der Waals surface area contributed by atoms with Crippen LogP contribution in [0.5, 0.6) is 0 Å². The van der Waals surface area contributed by atoms with E-state index in [1.54, 1.807) is 0 Å². The lowest BCUT2D eigenvalue weighted by Crippen LogP contribution is -2.53. The fourth-order valence-electron chi connectivity index (χ4n) is 5.65. The number of rotatable bonds is 2. The summed E-state index contributed by atoms with van der Waals surface area (Å²) in [6.07, 6.45) is 12.5. The molecule has 26 heavy (non-hydrogen) atoms. The van der Waals surface area contributed by atoms with Crippen molar-refractivity contribution in [3.63, 3.8) is 0 Å². The van der Waals surface area contributed by atoms with E-state index in [1.807, 2.05) is 4.90 Å². The summed E-state index contributed by atoms with van der Waals surface area (Å²) >= 11 is 0. The van der Waals surface area contributed by atoms with Crippen molar-refractivity contribution in [3.8, 4) is 0 Å². The predicted molar refractivity (Wildman–Crippen MR) is 97.4 cm³/mol. The van der Waals surface area contributed by atoms with Crippen LogP contribution in [-0.4, -0.2) is 52.3 Å². The van der Waals surface area contributed by atoms with Crippen LogP contribution in [0.15, 0.2) is 0 Å². The summed E-state index contributed by atoms with van der Waals surface area (Å²) in [5, 5.41) is 2.94. The predicted octanol–water partition coefficient (Wildman–Crippen LogP) is 2.81. The van der Waals surface area contributed by atoms with Gasteiger partial charge in [-0.25, -0.2) is 4.79 Å². The first-order valence-corrected chi connectivity index (χ1v) is 10.5. The Bertz CT molecular complexity index is 581. The van der Waals surface area contributed by atoms with Crippen molar-refractivity contribution in [1.29, 1.82) is 0 Å². The third-order valence-corrected chi connectivity index (χ3v) is 7.06. The summed E-state index contributed by atoms with van der Waals surface area (Å²) in [4.78, 5) is 41.7. The van der Waals surface area contributed by atoms with Crippen molar-refractivity contribution >= 4 is 17.8 Å². The lowest BCUT2D eigenvalue weighted by atomic mass is 9.78. The molecule has 1 spiro atoms. The maximum absolute atomic E-state index is 13.0. The van der Waals surface area contributed by atoms with Crippen molar-refractivity contribution < 1.29 is 14.4 Å². The highest BCUT2D eigenvalue weighted by molar-refractivity contribution is 6.09. The Hall–Kier alpha value is -1.59. The number of likely N-dealkylation sites (tertiary alicyclic amines) is 1. The molecule has 2 aliphatic carbocycles. The van der Waals surface area contributed by atoms with Crippen LogP contribution in [0.25, 0.3) is 0 Å². The number of carbonyl (C=O) groups is 3. The Morgan fingerprint density at radius 1 is 0.962 bits per heavy atom. The van der Waals surface area contributed by atoms with E-state index in [9.17, 15) is 14.4 Å². The van der Waals surface area contributed by atoms with Gasteiger partial charge in [0, 0.05) is 12.6 Å².